The van der Waals surface area contributed by atoms with Crippen molar-refractivity contribution in [2.45, 2.75) is 6.54 Å². The lowest BCUT2D eigenvalue weighted by atomic mass is 10.1. The van der Waals surface area contributed by atoms with E-state index in [0.29, 0.717) is 5.76 Å². The Kier molecular flexibility index (Phi) is 3.18. The third kappa shape index (κ3) is 2.26. The Morgan fingerprint density at radius 1 is 1.25 bits per heavy atom. The number of furan rings is 1. The van der Waals surface area contributed by atoms with Gasteiger partial charge in [0.25, 0.3) is 5.91 Å². The van der Waals surface area contributed by atoms with Crippen LogP contribution in [0.2, 0.25) is 0 Å². The van der Waals surface area contributed by atoms with Gasteiger partial charge in [-0.25, -0.2) is 0 Å². The number of nitrogens with two attached hydrogens (primary N) is 1. The van der Waals surface area contributed by atoms with Crippen molar-refractivity contribution >= 4 is 22.4 Å². The lowest BCUT2D eigenvalue weighted by molar-refractivity contribution is 0.0995. The van der Waals surface area contributed by atoms with Crippen molar-refractivity contribution in [2.24, 2.45) is 5.73 Å². The third-order valence-electron chi connectivity index (χ3n) is 3.02. The van der Waals surface area contributed by atoms with Crippen LogP contribution < -0.4 is 11.1 Å². The quantitative estimate of drug-likeness (QED) is 0.764. The van der Waals surface area contributed by atoms with Crippen LogP contribution in [0.1, 0.15) is 16.3 Å². The van der Waals surface area contributed by atoms with Gasteiger partial charge in [0.2, 0.25) is 0 Å². The molecular formula is C15H13N3O2. The predicted molar refractivity (Wildman–Crippen MR) is 76.3 cm³/mol. The number of amides is 1. The van der Waals surface area contributed by atoms with Crippen molar-refractivity contribution < 1.29 is 9.21 Å². The van der Waals surface area contributed by atoms with Gasteiger partial charge in [0.15, 0.2) is 5.76 Å². The number of pyridine rings is 1. The molecule has 5 heteroatoms. The number of hydrogen-bond donors (Lipinski definition) is 2. The molecule has 3 rings (SSSR count). The summed E-state index contributed by atoms with van der Waals surface area (Å²) in [5.41, 5.74) is 6.18. The summed E-state index contributed by atoms with van der Waals surface area (Å²) in [6.07, 6.45) is 3.45. The minimum absolute atomic E-state index is 0.247. The number of anilines is 1. The average molecular weight is 267 g/mol. The molecule has 0 radical (unpaired) electrons. The summed E-state index contributed by atoms with van der Waals surface area (Å²) in [5, 5.41) is 4.73. The first-order valence-electron chi connectivity index (χ1n) is 6.21. The highest BCUT2D eigenvalue weighted by atomic mass is 16.4. The van der Waals surface area contributed by atoms with Crippen LogP contribution in [0.3, 0.4) is 0 Å². The largest absolute Gasteiger partial charge is 0.455 e. The van der Waals surface area contributed by atoms with Crippen LogP contribution in [0.5, 0.6) is 0 Å². The predicted octanol–water partition coefficient (Wildman–Crippen LogP) is 2.54. The molecule has 2 aromatic heterocycles. The normalized spacial score (nSPS) is 10.7. The van der Waals surface area contributed by atoms with E-state index in [2.05, 4.69) is 10.3 Å². The number of benzene rings is 1. The van der Waals surface area contributed by atoms with E-state index in [9.17, 15) is 4.79 Å². The molecule has 0 saturated carbocycles. The molecular weight excluding hydrogens is 254 g/mol. The van der Waals surface area contributed by atoms with Gasteiger partial charge in [-0.1, -0.05) is 12.1 Å². The molecule has 20 heavy (non-hydrogen) atoms. The van der Waals surface area contributed by atoms with Crippen LogP contribution in [0.4, 0.5) is 5.69 Å². The number of hydrogen-bond acceptors (Lipinski definition) is 4. The number of carbonyl (C=O) groups excluding carboxylic acids is 1. The molecule has 0 unspecified atom stereocenters. The van der Waals surface area contributed by atoms with Crippen LogP contribution in [-0.4, -0.2) is 10.9 Å². The number of rotatable bonds is 3. The van der Waals surface area contributed by atoms with Gasteiger partial charge < -0.3 is 15.5 Å². The number of nitrogens with one attached hydrogen (secondary N) is 1. The van der Waals surface area contributed by atoms with Crippen LogP contribution in [0.25, 0.3) is 10.8 Å². The minimum Gasteiger partial charge on any atom is -0.455 e. The molecule has 3 N–H and O–H groups in total. The highest BCUT2D eigenvalue weighted by Gasteiger charge is 2.12. The second kappa shape index (κ2) is 5.14. The fraction of sp³-hybridized carbons (Fsp3) is 0.0667. The van der Waals surface area contributed by atoms with Crippen LogP contribution >= 0.6 is 0 Å². The first-order chi connectivity index (χ1) is 9.78. The van der Waals surface area contributed by atoms with E-state index in [1.54, 1.807) is 24.5 Å². The molecule has 1 amide bonds. The van der Waals surface area contributed by atoms with Crippen LogP contribution in [0.15, 0.2) is 53.2 Å². The van der Waals surface area contributed by atoms with Crippen molar-refractivity contribution in [2.75, 3.05) is 5.32 Å². The third-order valence-corrected chi connectivity index (χ3v) is 3.02. The molecule has 0 saturated heterocycles. The van der Waals surface area contributed by atoms with Gasteiger partial charge in [-0.2, -0.15) is 0 Å². The molecule has 0 bridgehead atoms. The number of fused-ring (bicyclic) bond motifs is 1. The first-order valence-corrected chi connectivity index (χ1v) is 6.21. The summed E-state index contributed by atoms with van der Waals surface area (Å²) in [5.74, 6) is 0.530. The highest BCUT2D eigenvalue weighted by molar-refractivity contribution is 6.07. The Bertz CT molecular complexity index is 759. The summed E-state index contributed by atoms with van der Waals surface area (Å²) in [4.78, 5) is 16.2. The van der Waals surface area contributed by atoms with Gasteiger partial charge in [-0.15, -0.1) is 0 Å². The van der Waals surface area contributed by atoms with Crippen molar-refractivity contribution in [1.82, 2.24) is 4.98 Å². The van der Waals surface area contributed by atoms with Gasteiger partial charge in [-0.3, -0.25) is 9.78 Å². The maximum atomic E-state index is 12.1. The summed E-state index contributed by atoms with van der Waals surface area (Å²) in [7, 11) is 0. The second-order valence-electron chi connectivity index (χ2n) is 4.33. The molecule has 2 heterocycles. The Morgan fingerprint density at radius 2 is 2.15 bits per heavy atom. The fourth-order valence-corrected chi connectivity index (χ4v) is 2.03. The van der Waals surface area contributed by atoms with E-state index >= 15 is 0 Å². The van der Waals surface area contributed by atoms with Crippen molar-refractivity contribution in [3.05, 3.63) is 60.3 Å². The minimum atomic E-state index is -0.297. The molecule has 0 fully saturated rings. The fourth-order valence-electron chi connectivity index (χ4n) is 2.03. The van der Waals surface area contributed by atoms with E-state index in [0.717, 1.165) is 16.5 Å². The Hall–Kier alpha value is -2.66. The number of carbonyl (C=O) groups is 1. The molecule has 100 valence electrons. The zero-order valence-electron chi connectivity index (χ0n) is 10.7. The molecule has 0 aliphatic rings. The number of aromatic nitrogens is 1. The zero-order valence-corrected chi connectivity index (χ0v) is 10.7. The van der Waals surface area contributed by atoms with Crippen molar-refractivity contribution in [1.29, 1.82) is 0 Å². The van der Waals surface area contributed by atoms with E-state index in [1.165, 1.54) is 0 Å². The summed E-state index contributed by atoms with van der Waals surface area (Å²) < 4.78 is 5.33. The van der Waals surface area contributed by atoms with Gasteiger partial charge in [-0.05, 0) is 24.3 Å². The Labute approximate surface area is 115 Å². The lowest BCUT2D eigenvalue weighted by Gasteiger charge is -2.07. The Balaban J connectivity index is 1.91. The Morgan fingerprint density at radius 3 is 2.95 bits per heavy atom. The van der Waals surface area contributed by atoms with Gasteiger partial charge in [0.05, 0.1) is 6.54 Å². The van der Waals surface area contributed by atoms with Crippen molar-refractivity contribution in [3.63, 3.8) is 0 Å². The molecule has 3 aromatic rings. The van der Waals surface area contributed by atoms with Gasteiger partial charge >= 0.3 is 0 Å². The topological polar surface area (TPSA) is 81.2 Å². The van der Waals surface area contributed by atoms with Gasteiger partial charge in [0.1, 0.15) is 5.76 Å². The van der Waals surface area contributed by atoms with Gasteiger partial charge in [0, 0.05) is 28.9 Å². The van der Waals surface area contributed by atoms with Crippen LogP contribution in [0, 0.1) is 0 Å². The van der Waals surface area contributed by atoms with Crippen LogP contribution in [-0.2, 0) is 6.54 Å². The van der Waals surface area contributed by atoms with E-state index < -0.39 is 0 Å². The molecule has 0 aliphatic carbocycles. The monoisotopic (exact) mass is 267 g/mol. The second-order valence-corrected chi connectivity index (χ2v) is 4.33. The lowest BCUT2D eigenvalue weighted by Crippen LogP contribution is -2.11. The first kappa shape index (κ1) is 12.4. The summed E-state index contributed by atoms with van der Waals surface area (Å²) in [6.45, 7) is 0.271. The summed E-state index contributed by atoms with van der Waals surface area (Å²) >= 11 is 0. The zero-order chi connectivity index (χ0) is 13.9. The highest BCUT2D eigenvalue weighted by Crippen LogP contribution is 2.23. The van der Waals surface area contributed by atoms with Crippen molar-refractivity contribution in [3.8, 4) is 0 Å². The molecule has 0 atom stereocenters. The maximum Gasteiger partial charge on any atom is 0.291 e. The molecule has 0 spiro atoms. The molecule has 0 aliphatic heterocycles. The standard InChI is InChI=1S/C15H13N3O2/c16-8-11-4-5-14(20-11)15(19)18-13-3-1-2-10-9-17-7-6-12(10)13/h1-7,9H,8,16H2,(H,18,19). The molecule has 5 nitrogen and oxygen atoms in total. The van der Waals surface area contributed by atoms with E-state index in [4.69, 9.17) is 10.2 Å². The average Bonchev–Trinajstić information content (AvgIpc) is 2.97. The van der Waals surface area contributed by atoms with E-state index in [-0.39, 0.29) is 18.2 Å². The smallest absolute Gasteiger partial charge is 0.291 e. The number of nitrogens with zero attached hydrogens (tertiary/aromatic N) is 1. The maximum absolute atomic E-state index is 12.1. The summed E-state index contributed by atoms with van der Waals surface area (Å²) in [6, 6.07) is 10.8. The van der Waals surface area contributed by atoms with E-state index in [1.807, 2.05) is 24.3 Å². The molecule has 1 aromatic carbocycles. The SMILES string of the molecule is NCc1ccc(C(=O)Nc2cccc3cnccc23)o1.